The number of nitrogens with one attached hydrogen (secondary N) is 1. The minimum absolute atomic E-state index is 0.106. The van der Waals surface area contributed by atoms with Crippen LogP contribution >= 0.6 is 0 Å². The summed E-state index contributed by atoms with van der Waals surface area (Å²) in [5, 5.41) is 6.76. The third-order valence-corrected chi connectivity index (χ3v) is 1.40. The lowest BCUT2D eigenvalue weighted by molar-refractivity contribution is -0.0590. The summed E-state index contributed by atoms with van der Waals surface area (Å²) in [5.74, 6) is 0. The Kier molecular flexibility index (Phi) is 2.20. The van der Waals surface area contributed by atoms with Gasteiger partial charge in [0, 0.05) is 12.0 Å². The highest BCUT2D eigenvalue weighted by Gasteiger charge is 2.36. The van der Waals surface area contributed by atoms with Crippen molar-refractivity contribution in [2.75, 3.05) is 0 Å². The molecule has 0 fully saturated rings. The minimum Gasteiger partial charge on any atom is -0.296 e. The molecule has 1 N–H and O–H groups in total. The molecule has 0 unspecified atom stereocenters. The van der Waals surface area contributed by atoms with Gasteiger partial charge in [0.2, 0.25) is 0 Å². The van der Waals surface area contributed by atoms with E-state index in [9.17, 15) is 13.2 Å². The molecule has 0 radical (unpaired) electrons. The van der Waals surface area contributed by atoms with E-state index in [0.29, 0.717) is 0 Å². The average Bonchev–Trinajstić information content (AvgIpc) is 2.03. The lowest BCUT2D eigenvalue weighted by Gasteiger charge is -2.09. The van der Waals surface area contributed by atoms with Crippen LogP contribution in [0.3, 0.4) is 0 Å². The molecule has 4 heteroatoms. The third-order valence-electron chi connectivity index (χ3n) is 1.40. The van der Waals surface area contributed by atoms with Gasteiger partial charge in [-0.05, 0) is 6.08 Å². The largest absolute Gasteiger partial charge is 0.433 e. The van der Waals surface area contributed by atoms with E-state index >= 15 is 0 Å². The van der Waals surface area contributed by atoms with Gasteiger partial charge in [-0.1, -0.05) is 12.2 Å². The molecule has 0 atom stereocenters. The van der Waals surface area contributed by atoms with Crippen LogP contribution in [0.2, 0.25) is 0 Å². The maximum Gasteiger partial charge on any atom is 0.433 e. The molecular weight excluding hydrogens is 167 g/mol. The topological polar surface area (TPSA) is 23.9 Å². The summed E-state index contributed by atoms with van der Waals surface area (Å²) in [6.45, 7) is 0. The van der Waals surface area contributed by atoms with E-state index in [-0.39, 0.29) is 12.0 Å². The maximum atomic E-state index is 11.9. The first-order valence-corrected chi connectivity index (χ1v) is 3.28. The summed E-state index contributed by atoms with van der Waals surface area (Å²) in [7, 11) is 0. The molecule has 0 bridgehead atoms. The summed E-state index contributed by atoms with van der Waals surface area (Å²) in [6, 6.07) is 0. The molecule has 1 nitrogen and oxygen atoms in total. The highest BCUT2D eigenvalue weighted by Crippen LogP contribution is 2.23. The van der Waals surface area contributed by atoms with E-state index < -0.39 is 11.9 Å². The van der Waals surface area contributed by atoms with Gasteiger partial charge < -0.3 is 0 Å². The Morgan fingerprint density at radius 1 is 1.50 bits per heavy atom. The van der Waals surface area contributed by atoms with Gasteiger partial charge in [0.05, 0.1) is 0 Å². The van der Waals surface area contributed by atoms with E-state index in [1.807, 2.05) is 0 Å². The van der Waals surface area contributed by atoms with Crippen molar-refractivity contribution in [3.05, 3.63) is 29.5 Å². The van der Waals surface area contributed by atoms with Crippen molar-refractivity contribution in [2.24, 2.45) is 0 Å². The molecule has 0 saturated carbocycles. The Bertz CT molecular complexity index is 290. The maximum absolute atomic E-state index is 11.9. The van der Waals surface area contributed by atoms with E-state index in [0.717, 1.165) is 0 Å². The normalized spacial score (nSPS) is 16.1. The molecule has 12 heavy (non-hydrogen) atoms. The fourth-order valence-electron chi connectivity index (χ4n) is 0.807. The molecule has 0 saturated heterocycles. The number of rotatable bonds is 1. The minimum atomic E-state index is -4.55. The van der Waals surface area contributed by atoms with Crippen LogP contribution < -0.4 is 0 Å². The van der Waals surface area contributed by atoms with Gasteiger partial charge in [-0.15, -0.1) is 5.73 Å². The second-order valence-electron chi connectivity index (χ2n) is 2.29. The summed E-state index contributed by atoms with van der Waals surface area (Å²) < 4.78 is 35.7. The fourth-order valence-corrected chi connectivity index (χ4v) is 0.807. The van der Waals surface area contributed by atoms with Gasteiger partial charge in [0.1, 0.15) is 5.71 Å². The molecule has 64 valence electrons. The zero-order valence-electron chi connectivity index (χ0n) is 6.07. The van der Waals surface area contributed by atoms with Crippen LogP contribution in [-0.4, -0.2) is 11.9 Å². The first kappa shape index (κ1) is 8.81. The quantitative estimate of drug-likeness (QED) is 0.465. The molecule has 1 rings (SSSR count). The third kappa shape index (κ3) is 1.86. The molecule has 0 amide bonds. The number of alkyl halides is 3. The Morgan fingerprint density at radius 3 is 2.58 bits per heavy atom. The number of allylic oxidation sites excluding steroid dienone is 3. The zero-order valence-corrected chi connectivity index (χ0v) is 6.07. The summed E-state index contributed by atoms with van der Waals surface area (Å²) in [4.78, 5) is 0. The first-order valence-electron chi connectivity index (χ1n) is 3.28. The SMILES string of the molecule is N=C(C1=C=CC=CC1)C(F)(F)F. The highest BCUT2D eigenvalue weighted by molar-refractivity contribution is 6.02. The van der Waals surface area contributed by atoms with Crippen LogP contribution in [0.1, 0.15) is 6.42 Å². The highest BCUT2D eigenvalue weighted by atomic mass is 19.4. The van der Waals surface area contributed by atoms with E-state index in [4.69, 9.17) is 5.41 Å². The van der Waals surface area contributed by atoms with Crippen molar-refractivity contribution in [3.63, 3.8) is 0 Å². The van der Waals surface area contributed by atoms with Gasteiger partial charge in [-0.3, -0.25) is 5.41 Å². The Morgan fingerprint density at radius 2 is 2.17 bits per heavy atom. The molecule has 1 aliphatic carbocycles. The Balaban J connectivity index is 2.87. The van der Waals surface area contributed by atoms with Crippen LogP contribution in [0.15, 0.2) is 29.5 Å². The lowest BCUT2D eigenvalue weighted by atomic mass is 10.1. The molecule has 0 aromatic rings. The second-order valence-corrected chi connectivity index (χ2v) is 2.29. The number of hydrogen-bond acceptors (Lipinski definition) is 1. The van der Waals surface area contributed by atoms with Crippen molar-refractivity contribution >= 4 is 5.71 Å². The summed E-state index contributed by atoms with van der Waals surface area (Å²) >= 11 is 0. The molecule has 1 aliphatic rings. The summed E-state index contributed by atoms with van der Waals surface area (Å²) in [5.41, 5.74) is 0.977. The monoisotopic (exact) mass is 173 g/mol. The number of halogens is 3. The molecule has 0 aromatic carbocycles. The predicted molar refractivity (Wildman–Crippen MR) is 39.1 cm³/mol. The smallest absolute Gasteiger partial charge is 0.296 e. The zero-order chi connectivity index (χ0) is 9.19. The second kappa shape index (κ2) is 2.99. The Labute approximate surface area is 67.4 Å². The van der Waals surface area contributed by atoms with E-state index in [1.54, 1.807) is 12.2 Å². The van der Waals surface area contributed by atoms with Crippen molar-refractivity contribution in [3.8, 4) is 0 Å². The first-order chi connectivity index (χ1) is 5.52. The van der Waals surface area contributed by atoms with E-state index in [1.165, 1.54) is 6.08 Å². The van der Waals surface area contributed by atoms with Crippen LogP contribution in [0.25, 0.3) is 0 Å². The standard InChI is InChI=1S/C8H6F3N/c9-8(10,11)7(12)6-4-2-1-3-5-6/h1-3,12H,4H2. The van der Waals surface area contributed by atoms with Gasteiger partial charge in [0.15, 0.2) is 0 Å². The molecular formula is C8H6F3N. The molecule has 0 aliphatic heterocycles. The van der Waals surface area contributed by atoms with Crippen molar-refractivity contribution in [1.82, 2.24) is 0 Å². The predicted octanol–water partition coefficient (Wildman–Crippen LogP) is 2.61. The summed E-state index contributed by atoms with van der Waals surface area (Å²) in [6.07, 6.45) is 0.120. The van der Waals surface area contributed by atoms with Crippen LogP contribution in [0, 0.1) is 5.41 Å². The molecule has 0 heterocycles. The van der Waals surface area contributed by atoms with Gasteiger partial charge in [-0.2, -0.15) is 13.2 Å². The van der Waals surface area contributed by atoms with Crippen molar-refractivity contribution < 1.29 is 13.2 Å². The van der Waals surface area contributed by atoms with Gasteiger partial charge in [-0.25, -0.2) is 0 Å². The molecule has 0 spiro atoms. The van der Waals surface area contributed by atoms with Crippen molar-refractivity contribution in [1.29, 1.82) is 5.41 Å². The number of hydrogen-bond donors (Lipinski definition) is 1. The molecule has 0 aromatic heterocycles. The lowest BCUT2D eigenvalue weighted by Crippen LogP contribution is -2.23. The van der Waals surface area contributed by atoms with Crippen LogP contribution in [0.5, 0.6) is 0 Å². The van der Waals surface area contributed by atoms with Gasteiger partial charge >= 0.3 is 6.18 Å². The van der Waals surface area contributed by atoms with Crippen molar-refractivity contribution in [2.45, 2.75) is 12.6 Å². The fraction of sp³-hybridized carbons (Fsp3) is 0.250. The van der Waals surface area contributed by atoms with Crippen LogP contribution in [-0.2, 0) is 0 Å². The van der Waals surface area contributed by atoms with Gasteiger partial charge in [0.25, 0.3) is 0 Å². The van der Waals surface area contributed by atoms with E-state index in [2.05, 4.69) is 5.73 Å². The average molecular weight is 173 g/mol. The van der Waals surface area contributed by atoms with Crippen LogP contribution in [0.4, 0.5) is 13.2 Å². The Hall–Kier alpha value is -1.28.